The van der Waals surface area contributed by atoms with E-state index in [4.69, 9.17) is 17.7 Å². The van der Waals surface area contributed by atoms with Crippen LogP contribution in [0.1, 0.15) is 60.2 Å². The van der Waals surface area contributed by atoms with Gasteiger partial charge in [0, 0.05) is 24.0 Å². The molecule has 0 saturated carbocycles. The molecule has 0 aliphatic heterocycles. The zero-order valence-corrected chi connectivity index (χ0v) is 33.6. The number of anilines is 5. The van der Waals surface area contributed by atoms with Gasteiger partial charge in [-0.15, -0.1) is 0 Å². The van der Waals surface area contributed by atoms with Crippen molar-refractivity contribution in [2.75, 3.05) is 35.7 Å². The summed E-state index contributed by atoms with van der Waals surface area (Å²) in [6, 6.07) is 14.6. The summed E-state index contributed by atoms with van der Waals surface area (Å²) in [6.07, 6.45) is 3.56. The van der Waals surface area contributed by atoms with Gasteiger partial charge in [-0.2, -0.15) is 15.0 Å². The standard InChI is InChI=1S/C34H54N6O6Si3/c1-10-12-23-43-30(41)26-14-18-28(19-15-26)36-33-38-32(35-22-25-49(9,45-47(3,4)5)46-48(6,7)8)39-34(40-33)37-29-20-16-27(17-21-29)31(42)44-24-13-11-2/h14-21H,10-13,22-25H2,1-9H3,(H3,35,36,37,38,39,40). The Morgan fingerprint density at radius 3 is 1.37 bits per heavy atom. The number of hydrogen-bond acceptors (Lipinski definition) is 12. The lowest BCUT2D eigenvalue weighted by molar-refractivity contribution is 0.0490. The first-order valence-corrected chi connectivity index (χ1v) is 26.4. The van der Waals surface area contributed by atoms with Crippen LogP contribution < -0.4 is 16.0 Å². The van der Waals surface area contributed by atoms with Crippen LogP contribution in [0, 0.1) is 0 Å². The zero-order valence-electron chi connectivity index (χ0n) is 30.6. The number of benzene rings is 2. The molecule has 0 saturated heterocycles. The molecule has 0 bridgehead atoms. The minimum absolute atomic E-state index is 0.297. The van der Waals surface area contributed by atoms with Crippen LogP contribution in [0.3, 0.4) is 0 Å². The number of nitrogens with zero attached hydrogens (tertiary/aromatic N) is 3. The first-order chi connectivity index (χ1) is 23.1. The number of esters is 2. The Hall–Kier alpha value is -3.64. The molecular weight excluding hydrogens is 673 g/mol. The van der Waals surface area contributed by atoms with Crippen LogP contribution in [0.5, 0.6) is 0 Å². The number of nitrogens with one attached hydrogen (secondary N) is 3. The van der Waals surface area contributed by atoms with Crippen LogP contribution in [0.2, 0.25) is 51.9 Å². The lowest BCUT2D eigenvalue weighted by Crippen LogP contribution is -2.53. The lowest BCUT2D eigenvalue weighted by Gasteiger charge is -2.38. The van der Waals surface area contributed by atoms with E-state index in [-0.39, 0.29) is 11.9 Å². The van der Waals surface area contributed by atoms with Gasteiger partial charge in [0.15, 0.2) is 16.6 Å². The van der Waals surface area contributed by atoms with Crippen molar-refractivity contribution in [2.45, 2.75) is 91.4 Å². The third-order valence-corrected chi connectivity index (χ3v) is 16.3. The van der Waals surface area contributed by atoms with Crippen LogP contribution in [0.15, 0.2) is 48.5 Å². The number of aromatic nitrogens is 3. The summed E-state index contributed by atoms with van der Waals surface area (Å²) in [5.74, 6) is 0.247. The van der Waals surface area contributed by atoms with Crippen molar-refractivity contribution in [3.8, 4) is 0 Å². The van der Waals surface area contributed by atoms with E-state index < -0.39 is 25.2 Å². The fraction of sp³-hybridized carbons (Fsp3) is 0.500. The van der Waals surface area contributed by atoms with Crippen molar-refractivity contribution in [2.24, 2.45) is 0 Å². The second-order valence-electron chi connectivity index (χ2n) is 13.9. The van der Waals surface area contributed by atoms with E-state index in [1.807, 2.05) is 13.8 Å². The Balaban J connectivity index is 1.81. The summed E-state index contributed by atoms with van der Waals surface area (Å²) in [4.78, 5) is 38.6. The van der Waals surface area contributed by atoms with Crippen LogP contribution in [0.25, 0.3) is 0 Å². The Morgan fingerprint density at radius 2 is 1.00 bits per heavy atom. The Morgan fingerprint density at radius 1 is 0.612 bits per heavy atom. The Labute approximate surface area is 294 Å². The molecule has 0 unspecified atom stereocenters. The smallest absolute Gasteiger partial charge is 0.338 e. The highest BCUT2D eigenvalue weighted by Gasteiger charge is 2.40. The van der Waals surface area contributed by atoms with Crippen LogP contribution in [-0.4, -0.2) is 71.8 Å². The van der Waals surface area contributed by atoms with E-state index in [0.717, 1.165) is 25.7 Å². The molecule has 3 N–H and O–H groups in total. The fourth-order valence-electron chi connectivity index (χ4n) is 4.81. The third kappa shape index (κ3) is 14.8. The highest BCUT2D eigenvalue weighted by Crippen LogP contribution is 2.25. The first kappa shape index (κ1) is 39.8. The molecule has 0 atom stereocenters. The zero-order chi connectivity index (χ0) is 36.1. The minimum Gasteiger partial charge on any atom is -0.462 e. The summed E-state index contributed by atoms with van der Waals surface area (Å²) in [6.45, 7) is 20.7. The molecular formula is C34H54N6O6Si3. The SMILES string of the molecule is CCCCOC(=O)c1ccc(Nc2nc(NCC[Si](C)(O[Si](C)(C)C)O[Si](C)(C)C)nc(Nc3ccc(C(=O)OCCCC)cc3)n2)cc1. The molecule has 0 amide bonds. The summed E-state index contributed by atoms with van der Waals surface area (Å²) >= 11 is 0. The van der Waals surface area contributed by atoms with Crippen LogP contribution in [0.4, 0.5) is 29.2 Å². The maximum Gasteiger partial charge on any atom is 0.338 e. The molecule has 0 aliphatic carbocycles. The van der Waals surface area contributed by atoms with Crippen LogP contribution in [-0.2, 0) is 17.7 Å². The summed E-state index contributed by atoms with van der Waals surface area (Å²) in [5, 5.41) is 9.80. The molecule has 3 aromatic rings. The summed E-state index contributed by atoms with van der Waals surface area (Å²) in [5.41, 5.74) is 2.30. The van der Waals surface area contributed by atoms with Gasteiger partial charge in [0.05, 0.1) is 24.3 Å². The second kappa shape index (κ2) is 18.4. The summed E-state index contributed by atoms with van der Waals surface area (Å²) in [7, 11) is -6.20. The number of hydrogen-bond donors (Lipinski definition) is 3. The van der Waals surface area contributed by atoms with Gasteiger partial charge >= 0.3 is 20.5 Å². The minimum atomic E-state index is -2.49. The highest BCUT2D eigenvalue weighted by molar-refractivity contribution is 6.87. The predicted molar refractivity (Wildman–Crippen MR) is 203 cm³/mol. The van der Waals surface area contributed by atoms with Gasteiger partial charge in [0.25, 0.3) is 0 Å². The quantitative estimate of drug-likeness (QED) is 0.0583. The first-order valence-electron chi connectivity index (χ1n) is 17.1. The third-order valence-electron chi connectivity index (χ3n) is 6.76. The van der Waals surface area contributed by atoms with Crippen molar-refractivity contribution in [1.29, 1.82) is 0 Å². The fourth-order valence-corrected chi connectivity index (χ4v) is 17.1. The molecule has 1 aromatic heterocycles. The normalized spacial score (nSPS) is 11.9. The average molecular weight is 727 g/mol. The van der Waals surface area contributed by atoms with Crippen molar-refractivity contribution in [3.63, 3.8) is 0 Å². The average Bonchev–Trinajstić information content (AvgIpc) is 3.00. The van der Waals surface area contributed by atoms with E-state index in [2.05, 4.69) is 76.7 Å². The second-order valence-corrected chi connectivity index (χ2v) is 26.8. The molecule has 0 spiro atoms. The van der Waals surface area contributed by atoms with Crippen molar-refractivity contribution in [3.05, 3.63) is 59.7 Å². The van der Waals surface area contributed by atoms with Crippen molar-refractivity contribution >= 4 is 66.4 Å². The largest absolute Gasteiger partial charge is 0.462 e. The highest BCUT2D eigenvalue weighted by atomic mass is 28.5. The number of carbonyl (C=O) groups excluding carboxylic acids is 2. The maximum atomic E-state index is 12.4. The molecule has 268 valence electrons. The van der Waals surface area contributed by atoms with Gasteiger partial charge in [-0.05, 0) is 107 Å². The van der Waals surface area contributed by atoms with Crippen molar-refractivity contribution in [1.82, 2.24) is 15.0 Å². The molecule has 12 nitrogen and oxygen atoms in total. The molecule has 49 heavy (non-hydrogen) atoms. The van der Waals surface area contributed by atoms with Gasteiger partial charge in [-0.3, -0.25) is 0 Å². The molecule has 0 radical (unpaired) electrons. The molecule has 2 aromatic carbocycles. The monoisotopic (exact) mass is 726 g/mol. The molecule has 3 rings (SSSR count). The van der Waals surface area contributed by atoms with Crippen LogP contribution >= 0.6 is 0 Å². The molecule has 15 heteroatoms. The number of unbranched alkanes of at least 4 members (excludes halogenated alkanes) is 2. The van der Waals surface area contributed by atoms with Crippen molar-refractivity contribution < 1.29 is 27.3 Å². The van der Waals surface area contributed by atoms with E-state index >= 15 is 0 Å². The van der Waals surface area contributed by atoms with Gasteiger partial charge in [-0.25, -0.2) is 9.59 Å². The number of rotatable bonds is 20. The van der Waals surface area contributed by atoms with Gasteiger partial charge in [-0.1, -0.05) is 26.7 Å². The Kier molecular flexibility index (Phi) is 14.9. The maximum absolute atomic E-state index is 12.4. The van der Waals surface area contributed by atoms with Gasteiger partial charge < -0.3 is 33.7 Å². The van der Waals surface area contributed by atoms with E-state index in [1.165, 1.54) is 0 Å². The molecule has 1 heterocycles. The van der Waals surface area contributed by atoms with E-state index in [1.54, 1.807) is 48.5 Å². The molecule has 0 aliphatic rings. The lowest BCUT2D eigenvalue weighted by atomic mass is 10.2. The molecule has 0 fully saturated rings. The summed E-state index contributed by atoms with van der Waals surface area (Å²) < 4.78 is 24.0. The Bertz CT molecular complexity index is 1400. The number of ether oxygens (including phenoxy) is 2. The van der Waals surface area contributed by atoms with E-state index in [9.17, 15) is 9.59 Å². The van der Waals surface area contributed by atoms with E-state index in [0.29, 0.717) is 66.1 Å². The topological polar surface area (TPSA) is 146 Å². The predicted octanol–water partition coefficient (Wildman–Crippen LogP) is 8.46. The van der Waals surface area contributed by atoms with Gasteiger partial charge in [0.1, 0.15) is 0 Å². The number of carbonyl (C=O) groups is 2. The van der Waals surface area contributed by atoms with Gasteiger partial charge in [0.2, 0.25) is 17.8 Å².